The minimum absolute atomic E-state index is 0.0994. The van der Waals surface area contributed by atoms with Gasteiger partial charge in [0.25, 0.3) is 0 Å². The van der Waals surface area contributed by atoms with Gasteiger partial charge in [-0.2, -0.15) is 0 Å². The Morgan fingerprint density at radius 1 is 1.42 bits per heavy atom. The van der Waals surface area contributed by atoms with Crippen LogP contribution in [0.1, 0.15) is 10.4 Å². The molecule has 0 radical (unpaired) electrons. The number of nitrogens with zero attached hydrogens (tertiary/aromatic N) is 3. The number of nitrogen functional groups attached to an aromatic ring is 1. The fraction of sp³-hybridized carbons (Fsp3) is 0.182. The smallest absolute Gasteiger partial charge is 0.337 e. The number of carbonyl (C=O) groups is 1. The lowest BCUT2D eigenvalue weighted by molar-refractivity contribution is 0.0698. The van der Waals surface area contributed by atoms with Gasteiger partial charge in [0, 0.05) is 24.7 Å². The lowest BCUT2D eigenvalue weighted by Gasteiger charge is -2.04. The molecule has 0 aliphatic rings. The van der Waals surface area contributed by atoms with Gasteiger partial charge in [-0.1, -0.05) is 23.1 Å². The monoisotopic (exact) mass is 296 g/mol. The molecule has 1 aromatic heterocycles. The molecule has 19 heavy (non-hydrogen) atoms. The van der Waals surface area contributed by atoms with E-state index < -0.39 is 5.97 Å². The van der Waals surface area contributed by atoms with Crippen LogP contribution in [-0.2, 0) is 0 Å². The van der Waals surface area contributed by atoms with Gasteiger partial charge in [-0.25, -0.2) is 4.79 Å². The number of anilines is 2. The number of carboxylic acid groups (broad SMARTS) is 1. The van der Waals surface area contributed by atoms with Crippen molar-refractivity contribution in [1.29, 1.82) is 0 Å². The van der Waals surface area contributed by atoms with Gasteiger partial charge in [0.1, 0.15) is 0 Å². The summed E-state index contributed by atoms with van der Waals surface area (Å²) >= 11 is 2.81. The zero-order chi connectivity index (χ0) is 14.0. The van der Waals surface area contributed by atoms with E-state index in [2.05, 4.69) is 10.2 Å². The highest BCUT2D eigenvalue weighted by molar-refractivity contribution is 8.01. The number of hydrogen-bond donors (Lipinski definition) is 2. The van der Waals surface area contributed by atoms with Gasteiger partial charge in [0.2, 0.25) is 5.13 Å². The van der Waals surface area contributed by atoms with Gasteiger partial charge >= 0.3 is 5.97 Å². The Kier molecular flexibility index (Phi) is 3.91. The number of hydrogen-bond acceptors (Lipinski definition) is 7. The molecule has 0 aliphatic carbocycles. The summed E-state index contributed by atoms with van der Waals surface area (Å²) in [7, 11) is 3.78. The summed E-state index contributed by atoms with van der Waals surface area (Å²) in [5.74, 6) is -1.04. The molecule has 6 nitrogen and oxygen atoms in total. The normalized spacial score (nSPS) is 10.4. The van der Waals surface area contributed by atoms with E-state index in [0.717, 1.165) is 14.4 Å². The van der Waals surface area contributed by atoms with Gasteiger partial charge in [-0.3, -0.25) is 0 Å². The molecule has 0 amide bonds. The standard InChI is InChI=1S/C11H12N4O2S2/c1-15(2)10-13-14-11(19-10)18-6-3-4-8(12)7(5-6)9(16)17/h3-5H,12H2,1-2H3,(H,16,17). The van der Waals surface area contributed by atoms with E-state index in [1.165, 1.54) is 23.1 Å². The summed E-state index contributed by atoms with van der Waals surface area (Å²) in [4.78, 5) is 13.6. The molecule has 1 aromatic carbocycles. The largest absolute Gasteiger partial charge is 0.478 e. The highest BCUT2D eigenvalue weighted by Gasteiger charge is 2.11. The Morgan fingerprint density at radius 3 is 2.74 bits per heavy atom. The van der Waals surface area contributed by atoms with E-state index in [9.17, 15) is 4.79 Å². The van der Waals surface area contributed by atoms with Gasteiger partial charge in [0.15, 0.2) is 4.34 Å². The molecule has 1 heterocycles. The van der Waals surface area contributed by atoms with Gasteiger partial charge in [-0.05, 0) is 18.2 Å². The van der Waals surface area contributed by atoms with Crippen molar-refractivity contribution in [2.24, 2.45) is 0 Å². The first-order chi connectivity index (χ1) is 8.97. The molecule has 100 valence electrons. The van der Waals surface area contributed by atoms with Crippen LogP contribution in [-0.4, -0.2) is 35.4 Å². The maximum atomic E-state index is 11.0. The molecule has 0 atom stereocenters. The second kappa shape index (κ2) is 5.45. The highest BCUT2D eigenvalue weighted by Crippen LogP contribution is 2.33. The number of nitrogens with two attached hydrogens (primary N) is 1. The van der Waals surface area contributed by atoms with Crippen LogP contribution in [0, 0.1) is 0 Å². The van der Waals surface area contributed by atoms with E-state index in [1.807, 2.05) is 19.0 Å². The van der Waals surface area contributed by atoms with Gasteiger partial charge in [0.05, 0.1) is 5.56 Å². The van der Waals surface area contributed by atoms with Crippen LogP contribution in [0.5, 0.6) is 0 Å². The molecular weight excluding hydrogens is 284 g/mol. The number of rotatable bonds is 4. The molecule has 0 bridgehead atoms. The van der Waals surface area contributed by atoms with E-state index in [0.29, 0.717) is 0 Å². The lowest BCUT2D eigenvalue weighted by atomic mass is 10.2. The Hall–Kier alpha value is -1.80. The molecule has 0 saturated heterocycles. The molecule has 2 rings (SSSR count). The minimum atomic E-state index is -1.04. The SMILES string of the molecule is CN(C)c1nnc(Sc2ccc(N)c(C(=O)O)c2)s1. The predicted molar refractivity (Wildman–Crippen MR) is 76.2 cm³/mol. The van der Waals surface area contributed by atoms with Gasteiger partial charge in [-0.15, -0.1) is 10.2 Å². The van der Waals surface area contributed by atoms with Crippen molar-refractivity contribution in [2.45, 2.75) is 9.24 Å². The van der Waals surface area contributed by atoms with E-state index in [4.69, 9.17) is 10.8 Å². The number of carboxylic acids is 1. The second-order valence-corrected chi connectivity index (χ2v) is 6.18. The summed E-state index contributed by atoms with van der Waals surface area (Å²) in [5, 5.41) is 17.9. The maximum absolute atomic E-state index is 11.0. The fourth-order valence-corrected chi connectivity index (χ4v) is 3.09. The molecule has 0 spiro atoms. The highest BCUT2D eigenvalue weighted by atomic mass is 32.2. The molecule has 0 aliphatic heterocycles. The first kappa shape index (κ1) is 13.6. The zero-order valence-electron chi connectivity index (χ0n) is 10.3. The van der Waals surface area contributed by atoms with Crippen molar-refractivity contribution in [1.82, 2.24) is 10.2 Å². The summed E-state index contributed by atoms with van der Waals surface area (Å²) in [6.45, 7) is 0. The molecular formula is C11H12N4O2S2. The van der Waals surface area contributed by atoms with E-state index >= 15 is 0 Å². The molecule has 0 saturated carbocycles. The summed E-state index contributed by atoms with van der Waals surface area (Å²) in [5.41, 5.74) is 5.96. The average molecular weight is 296 g/mol. The summed E-state index contributed by atoms with van der Waals surface area (Å²) < 4.78 is 0.754. The summed E-state index contributed by atoms with van der Waals surface area (Å²) in [6, 6.07) is 4.89. The first-order valence-corrected chi connectivity index (χ1v) is 6.92. The Bertz CT molecular complexity index is 612. The van der Waals surface area contributed by atoms with Crippen LogP contribution < -0.4 is 10.6 Å². The van der Waals surface area contributed by atoms with Gasteiger partial charge < -0.3 is 15.7 Å². The Labute approximate surface area is 118 Å². The third-order valence-corrected chi connectivity index (χ3v) is 4.37. The fourth-order valence-electron chi connectivity index (χ4n) is 1.31. The molecule has 0 fully saturated rings. The average Bonchev–Trinajstić information content (AvgIpc) is 2.80. The third-order valence-electron chi connectivity index (χ3n) is 2.24. The molecule has 2 aromatic rings. The van der Waals surface area contributed by atoms with Crippen LogP contribution >= 0.6 is 23.1 Å². The van der Waals surface area contributed by atoms with E-state index in [-0.39, 0.29) is 11.3 Å². The number of aromatic nitrogens is 2. The topological polar surface area (TPSA) is 92.3 Å². The molecule has 8 heteroatoms. The Morgan fingerprint density at radius 2 is 2.16 bits per heavy atom. The summed E-state index contributed by atoms with van der Waals surface area (Å²) in [6.07, 6.45) is 0. The van der Waals surface area contributed by atoms with Crippen molar-refractivity contribution < 1.29 is 9.90 Å². The zero-order valence-corrected chi connectivity index (χ0v) is 12.0. The van der Waals surface area contributed by atoms with Crippen LogP contribution in [0.15, 0.2) is 27.4 Å². The van der Waals surface area contributed by atoms with E-state index in [1.54, 1.807) is 18.2 Å². The number of aromatic carboxylic acids is 1. The second-order valence-electron chi connectivity index (χ2n) is 3.90. The third kappa shape index (κ3) is 3.15. The Balaban J connectivity index is 2.23. The van der Waals surface area contributed by atoms with Crippen molar-refractivity contribution >= 4 is 39.9 Å². The van der Waals surface area contributed by atoms with Crippen LogP contribution in [0.25, 0.3) is 0 Å². The predicted octanol–water partition coefficient (Wildman–Crippen LogP) is 2.04. The first-order valence-electron chi connectivity index (χ1n) is 5.29. The van der Waals surface area contributed by atoms with Crippen molar-refractivity contribution in [3.8, 4) is 0 Å². The minimum Gasteiger partial charge on any atom is -0.478 e. The lowest BCUT2D eigenvalue weighted by Crippen LogP contribution is -2.07. The number of benzene rings is 1. The maximum Gasteiger partial charge on any atom is 0.337 e. The quantitative estimate of drug-likeness (QED) is 0.834. The van der Waals surface area contributed by atoms with Crippen LogP contribution in [0.4, 0.5) is 10.8 Å². The van der Waals surface area contributed by atoms with Crippen molar-refractivity contribution in [3.05, 3.63) is 23.8 Å². The van der Waals surface area contributed by atoms with Crippen molar-refractivity contribution in [2.75, 3.05) is 24.7 Å². The molecule has 3 N–H and O–H groups in total. The van der Waals surface area contributed by atoms with Crippen LogP contribution in [0.2, 0.25) is 0 Å². The van der Waals surface area contributed by atoms with Crippen molar-refractivity contribution in [3.63, 3.8) is 0 Å². The molecule has 0 unspecified atom stereocenters. The van der Waals surface area contributed by atoms with Crippen LogP contribution in [0.3, 0.4) is 0 Å².